The highest BCUT2D eigenvalue weighted by atomic mass is 35.5. The van der Waals surface area contributed by atoms with Gasteiger partial charge < -0.3 is 9.73 Å². The SMILES string of the molecule is CCC(C)c1ccc2oc(-c3ccc(Cl)c(NC(=O)c4cccc([N+](=O)[O-])c4)c3)nc2c1. The zero-order chi connectivity index (χ0) is 22.8. The minimum absolute atomic E-state index is 0.153. The first kappa shape index (κ1) is 21.5. The molecule has 0 bridgehead atoms. The van der Waals surface area contributed by atoms with Crippen LogP contribution < -0.4 is 5.32 Å². The Bertz CT molecular complexity index is 1330. The Morgan fingerprint density at radius 3 is 2.75 bits per heavy atom. The van der Waals surface area contributed by atoms with E-state index in [1.807, 2.05) is 18.2 Å². The summed E-state index contributed by atoms with van der Waals surface area (Å²) in [5.74, 6) is 0.318. The molecule has 1 unspecified atom stereocenters. The molecule has 162 valence electrons. The average molecular weight is 450 g/mol. The standard InChI is InChI=1S/C24H20ClN3O4/c1-3-14(2)15-8-10-22-21(12-15)27-24(32-22)17-7-9-19(25)20(13-17)26-23(29)16-5-4-6-18(11-16)28(30)31/h4-14H,3H2,1-2H3,(H,26,29). The van der Waals surface area contributed by atoms with Crippen LogP contribution in [0.25, 0.3) is 22.6 Å². The minimum atomic E-state index is -0.551. The Hall–Kier alpha value is -3.71. The zero-order valence-electron chi connectivity index (χ0n) is 17.5. The van der Waals surface area contributed by atoms with Crippen LogP contribution in [0, 0.1) is 10.1 Å². The van der Waals surface area contributed by atoms with Crippen molar-refractivity contribution in [3.8, 4) is 11.5 Å². The largest absolute Gasteiger partial charge is 0.436 e. The Morgan fingerprint density at radius 2 is 2.00 bits per heavy atom. The molecule has 0 spiro atoms. The molecule has 3 aromatic carbocycles. The molecule has 4 aromatic rings. The molecule has 4 rings (SSSR count). The molecule has 1 heterocycles. The normalized spacial score (nSPS) is 12.0. The lowest BCUT2D eigenvalue weighted by Gasteiger charge is -2.08. The van der Waals surface area contributed by atoms with Gasteiger partial charge in [-0.3, -0.25) is 14.9 Å². The van der Waals surface area contributed by atoms with Gasteiger partial charge in [0.2, 0.25) is 5.89 Å². The average Bonchev–Trinajstić information content (AvgIpc) is 3.23. The molecule has 0 aliphatic rings. The number of aromatic nitrogens is 1. The maximum atomic E-state index is 12.6. The number of non-ortho nitro benzene ring substituents is 1. The van der Waals surface area contributed by atoms with Crippen molar-refractivity contribution < 1.29 is 14.1 Å². The summed E-state index contributed by atoms with van der Waals surface area (Å²) in [6.07, 6.45) is 1.03. The second kappa shape index (κ2) is 8.80. The third-order valence-corrected chi connectivity index (χ3v) is 5.70. The molecular formula is C24H20ClN3O4. The summed E-state index contributed by atoms with van der Waals surface area (Å²) in [5, 5.41) is 14.0. The number of halogens is 1. The van der Waals surface area contributed by atoms with E-state index in [0.717, 1.165) is 11.9 Å². The van der Waals surface area contributed by atoms with Crippen LogP contribution in [0.5, 0.6) is 0 Å². The first-order valence-corrected chi connectivity index (χ1v) is 10.5. The van der Waals surface area contributed by atoms with Gasteiger partial charge in [0.05, 0.1) is 15.6 Å². The van der Waals surface area contributed by atoms with E-state index in [1.54, 1.807) is 18.2 Å². The van der Waals surface area contributed by atoms with Crippen LogP contribution in [0.4, 0.5) is 11.4 Å². The molecule has 1 amide bonds. The Morgan fingerprint density at radius 1 is 1.19 bits per heavy atom. The predicted molar refractivity (Wildman–Crippen MR) is 124 cm³/mol. The van der Waals surface area contributed by atoms with Crippen LogP contribution in [-0.4, -0.2) is 15.8 Å². The van der Waals surface area contributed by atoms with Crippen molar-refractivity contribution in [2.24, 2.45) is 0 Å². The van der Waals surface area contributed by atoms with Crippen LogP contribution in [-0.2, 0) is 0 Å². The van der Waals surface area contributed by atoms with Gasteiger partial charge in [0.1, 0.15) is 5.52 Å². The van der Waals surface area contributed by atoms with Crippen molar-refractivity contribution in [3.05, 3.63) is 86.9 Å². The van der Waals surface area contributed by atoms with Gasteiger partial charge in [0, 0.05) is 23.3 Å². The van der Waals surface area contributed by atoms with Crippen molar-refractivity contribution >= 4 is 40.0 Å². The fourth-order valence-electron chi connectivity index (χ4n) is 3.32. The van der Waals surface area contributed by atoms with E-state index in [0.29, 0.717) is 33.7 Å². The quantitative estimate of drug-likeness (QED) is 0.257. The Labute approximate surface area is 189 Å². The number of rotatable bonds is 6. The second-order valence-electron chi connectivity index (χ2n) is 7.51. The van der Waals surface area contributed by atoms with Gasteiger partial charge in [0.15, 0.2) is 5.58 Å². The number of nitrogens with zero attached hydrogens (tertiary/aromatic N) is 2. The number of nitro groups is 1. The lowest BCUT2D eigenvalue weighted by atomic mass is 9.98. The number of amides is 1. The lowest BCUT2D eigenvalue weighted by molar-refractivity contribution is -0.384. The van der Waals surface area contributed by atoms with E-state index < -0.39 is 10.8 Å². The molecular weight excluding hydrogens is 430 g/mol. The van der Waals surface area contributed by atoms with E-state index in [-0.39, 0.29) is 11.3 Å². The number of carbonyl (C=O) groups excluding carboxylic acids is 1. The summed E-state index contributed by atoms with van der Waals surface area (Å²) in [6.45, 7) is 4.30. The molecule has 32 heavy (non-hydrogen) atoms. The third-order valence-electron chi connectivity index (χ3n) is 5.37. The Balaban J connectivity index is 1.63. The first-order chi connectivity index (χ1) is 15.4. The van der Waals surface area contributed by atoms with Crippen molar-refractivity contribution in [1.82, 2.24) is 4.98 Å². The van der Waals surface area contributed by atoms with Gasteiger partial charge in [-0.2, -0.15) is 0 Å². The molecule has 0 fully saturated rings. The molecule has 0 saturated carbocycles. The van der Waals surface area contributed by atoms with E-state index in [4.69, 9.17) is 16.0 Å². The van der Waals surface area contributed by atoms with Crippen molar-refractivity contribution in [1.29, 1.82) is 0 Å². The monoisotopic (exact) mass is 449 g/mol. The number of hydrogen-bond donors (Lipinski definition) is 1. The van der Waals surface area contributed by atoms with E-state index in [1.165, 1.54) is 29.8 Å². The molecule has 1 atom stereocenters. The molecule has 1 N–H and O–H groups in total. The maximum absolute atomic E-state index is 12.6. The van der Waals surface area contributed by atoms with E-state index in [2.05, 4.69) is 24.1 Å². The summed E-state index contributed by atoms with van der Waals surface area (Å²) in [4.78, 5) is 27.7. The summed E-state index contributed by atoms with van der Waals surface area (Å²) in [6, 6.07) is 16.5. The van der Waals surface area contributed by atoms with Crippen molar-refractivity contribution in [3.63, 3.8) is 0 Å². The van der Waals surface area contributed by atoms with Gasteiger partial charge >= 0.3 is 0 Å². The lowest BCUT2D eigenvalue weighted by Crippen LogP contribution is -2.12. The highest BCUT2D eigenvalue weighted by Gasteiger charge is 2.16. The number of benzene rings is 3. The van der Waals surface area contributed by atoms with Gasteiger partial charge in [-0.25, -0.2) is 4.98 Å². The van der Waals surface area contributed by atoms with Crippen LogP contribution in [0.1, 0.15) is 42.1 Å². The molecule has 0 aliphatic carbocycles. The fourth-order valence-corrected chi connectivity index (χ4v) is 3.48. The predicted octanol–water partition coefficient (Wildman–Crippen LogP) is 6.82. The van der Waals surface area contributed by atoms with Crippen LogP contribution in [0.15, 0.2) is 65.1 Å². The van der Waals surface area contributed by atoms with Crippen LogP contribution in [0.3, 0.4) is 0 Å². The topological polar surface area (TPSA) is 98.3 Å². The van der Waals surface area contributed by atoms with Crippen LogP contribution >= 0.6 is 11.6 Å². The molecule has 0 saturated heterocycles. The third kappa shape index (κ3) is 4.33. The molecule has 1 aromatic heterocycles. The highest BCUT2D eigenvalue weighted by molar-refractivity contribution is 6.34. The van der Waals surface area contributed by atoms with Crippen LogP contribution in [0.2, 0.25) is 5.02 Å². The van der Waals surface area contributed by atoms with Gasteiger partial charge in [-0.1, -0.05) is 37.6 Å². The number of hydrogen-bond acceptors (Lipinski definition) is 5. The summed E-state index contributed by atoms with van der Waals surface area (Å²) in [7, 11) is 0. The smallest absolute Gasteiger partial charge is 0.270 e. The summed E-state index contributed by atoms with van der Waals surface area (Å²) >= 11 is 6.27. The zero-order valence-corrected chi connectivity index (χ0v) is 18.2. The number of oxazole rings is 1. The fraction of sp³-hybridized carbons (Fsp3) is 0.167. The number of nitrogens with one attached hydrogen (secondary N) is 1. The van der Waals surface area contributed by atoms with E-state index in [9.17, 15) is 14.9 Å². The van der Waals surface area contributed by atoms with Gasteiger partial charge in [-0.05, 0) is 54.3 Å². The molecule has 7 nitrogen and oxygen atoms in total. The van der Waals surface area contributed by atoms with E-state index >= 15 is 0 Å². The highest BCUT2D eigenvalue weighted by Crippen LogP contribution is 2.32. The number of anilines is 1. The molecule has 8 heteroatoms. The molecule has 0 aliphatic heterocycles. The Kier molecular flexibility index (Phi) is 5.92. The first-order valence-electron chi connectivity index (χ1n) is 10.1. The number of fused-ring (bicyclic) bond motifs is 1. The van der Waals surface area contributed by atoms with Crippen molar-refractivity contribution in [2.45, 2.75) is 26.2 Å². The second-order valence-corrected chi connectivity index (χ2v) is 7.92. The summed E-state index contributed by atoms with van der Waals surface area (Å²) < 4.78 is 5.91. The summed E-state index contributed by atoms with van der Waals surface area (Å²) in [5.41, 5.74) is 3.61. The molecule has 0 radical (unpaired) electrons. The minimum Gasteiger partial charge on any atom is -0.436 e. The van der Waals surface area contributed by atoms with Crippen molar-refractivity contribution in [2.75, 3.05) is 5.32 Å². The van der Waals surface area contributed by atoms with Gasteiger partial charge in [-0.15, -0.1) is 0 Å². The van der Waals surface area contributed by atoms with Gasteiger partial charge in [0.25, 0.3) is 11.6 Å². The number of carbonyl (C=O) groups is 1. The maximum Gasteiger partial charge on any atom is 0.270 e. The number of nitro benzene ring substituents is 1.